The van der Waals surface area contributed by atoms with Gasteiger partial charge in [-0.25, -0.2) is 0 Å². The Kier molecular flexibility index (Phi) is 7.40. The van der Waals surface area contributed by atoms with Crippen LogP contribution in [0.3, 0.4) is 0 Å². The monoisotopic (exact) mass is 385 g/mol. The zero-order valence-corrected chi connectivity index (χ0v) is 18.6. The quantitative estimate of drug-likeness (QED) is 0.582. The minimum atomic E-state index is -1.77. The van der Waals surface area contributed by atoms with Crippen molar-refractivity contribution in [3.8, 4) is 0 Å². The van der Waals surface area contributed by atoms with Crippen LogP contribution >= 0.6 is 0 Å². The largest absolute Gasteiger partial charge is 0.410 e. The Labute approximate surface area is 165 Å². The number of hydrogen-bond donors (Lipinski definition) is 2. The van der Waals surface area contributed by atoms with E-state index < -0.39 is 14.4 Å². The van der Waals surface area contributed by atoms with E-state index in [1.54, 1.807) is 0 Å². The van der Waals surface area contributed by atoms with Gasteiger partial charge in [-0.1, -0.05) is 75.4 Å². The van der Waals surface area contributed by atoms with Crippen LogP contribution in [0.1, 0.15) is 56.6 Å². The second kappa shape index (κ2) is 9.15. The lowest BCUT2D eigenvalue weighted by Gasteiger charge is -2.38. The molecule has 4 heteroatoms. The first-order chi connectivity index (χ1) is 12.6. The zero-order chi connectivity index (χ0) is 20.1. The van der Waals surface area contributed by atoms with Gasteiger partial charge in [0, 0.05) is 13.1 Å². The fourth-order valence-electron chi connectivity index (χ4n) is 2.74. The molecule has 2 aromatic rings. The van der Waals surface area contributed by atoms with Gasteiger partial charge in [-0.2, -0.15) is 0 Å². The van der Waals surface area contributed by atoms with E-state index in [9.17, 15) is 5.11 Å². The highest BCUT2D eigenvalue weighted by molar-refractivity contribution is 6.74. The lowest BCUT2D eigenvalue weighted by molar-refractivity contribution is 0.174. The Hall–Kier alpha value is -1.46. The highest BCUT2D eigenvalue weighted by Gasteiger charge is 2.38. The highest BCUT2D eigenvalue weighted by atomic mass is 28.4. The summed E-state index contributed by atoms with van der Waals surface area (Å²) >= 11 is 0. The minimum absolute atomic E-state index is 0.104. The Morgan fingerprint density at radius 3 is 2.11 bits per heavy atom. The van der Waals surface area contributed by atoms with Crippen molar-refractivity contribution in [3.05, 3.63) is 71.3 Å². The van der Waals surface area contributed by atoms with E-state index in [2.05, 4.69) is 70.4 Å². The molecule has 148 valence electrons. The van der Waals surface area contributed by atoms with Crippen LogP contribution in [0.2, 0.25) is 18.1 Å². The summed E-state index contributed by atoms with van der Waals surface area (Å²) in [6.45, 7) is 14.8. The van der Waals surface area contributed by atoms with Gasteiger partial charge >= 0.3 is 0 Å². The Bertz CT molecular complexity index is 693. The van der Waals surface area contributed by atoms with E-state index in [1.807, 2.05) is 30.3 Å². The van der Waals surface area contributed by atoms with Crippen LogP contribution < -0.4 is 5.32 Å². The molecule has 0 saturated heterocycles. The number of nitrogens with one attached hydrogen (secondary N) is 1. The van der Waals surface area contributed by atoms with Crippen LogP contribution in [0.5, 0.6) is 0 Å². The first kappa shape index (κ1) is 21.8. The van der Waals surface area contributed by atoms with E-state index in [4.69, 9.17) is 4.43 Å². The molecule has 0 fully saturated rings. The molecule has 0 radical (unpaired) electrons. The van der Waals surface area contributed by atoms with Gasteiger partial charge < -0.3 is 14.8 Å². The van der Waals surface area contributed by atoms with Crippen molar-refractivity contribution in [2.75, 3.05) is 6.54 Å². The molecular formula is C23H35NO2Si. The number of benzene rings is 2. The molecule has 3 nitrogen and oxygen atoms in total. The van der Waals surface area contributed by atoms with Gasteiger partial charge in [-0.3, -0.25) is 0 Å². The molecule has 0 saturated carbocycles. The topological polar surface area (TPSA) is 41.5 Å². The average molecular weight is 386 g/mol. The summed E-state index contributed by atoms with van der Waals surface area (Å²) in [7, 11) is -1.77. The maximum Gasteiger partial charge on any atom is 0.192 e. The van der Waals surface area contributed by atoms with Crippen LogP contribution in [0.15, 0.2) is 54.6 Å². The maximum atomic E-state index is 10.2. The molecular weight excluding hydrogens is 350 g/mol. The van der Waals surface area contributed by atoms with E-state index in [0.29, 0.717) is 6.54 Å². The third-order valence-electron chi connectivity index (χ3n) is 5.58. The molecule has 0 aromatic heterocycles. The lowest BCUT2D eigenvalue weighted by Crippen LogP contribution is -2.41. The second-order valence-electron chi connectivity index (χ2n) is 8.82. The van der Waals surface area contributed by atoms with Crippen molar-refractivity contribution in [1.82, 2.24) is 5.32 Å². The highest BCUT2D eigenvalue weighted by Crippen LogP contribution is 2.39. The summed E-state index contributed by atoms with van der Waals surface area (Å²) in [4.78, 5) is 0. The van der Waals surface area contributed by atoms with Crippen LogP contribution in [0.4, 0.5) is 0 Å². The molecule has 0 aliphatic heterocycles. The Morgan fingerprint density at radius 1 is 0.963 bits per heavy atom. The van der Waals surface area contributed by atoms with Crippen molar-refractivity contribution in [1.29, 1.82) is 0 Å². The van der Waals surface area contributed by atoms with Crippen LogP contribution in [-0.4, -0.2) is 20.0 Å². The van der Waals surface area contributed by atoms with Crippen LogP contribution in [0, 0.1) is 0 Å². The molecule has 0 spiro atoms. The summed E-state index contributed by atoms with van der Waals surface area (Å²) in [5.41, 5.74) is 3.36. The van der Waals surface area contributed by atoms with Gasteiger partial charge in [0.05, 0.1) is 12.2 Å². The van der Waals surface area contributed by atoms with Gasteiger partial charge in [0.15, 0.2) is 8.32 Å². The number of aliphatic hydroxyl groups excluding tert-OH is 1. The van der Waals surface area contributed by atoms with Crippen LogP contribution in [-0.2, 0) is 11.0 Å². The average Bonchev–Trinajstić information content (AvgIpc) is 2.61. The number of aliphatic hydroxyl groups is 1. The first-order valence-corrected chi connectivity index (χ1v) is 12.7. The van der Waals surface area contributed by atoms with Crippen molar-refractivity contribution in [2.24, 2.45) is 0 Å². The molecule has 0 heterocycles. The molecule has 2 rings (SSSR count). The Balaban J connectivity index is 1.86. The van der Waals surface area contributed by atoms with Crippen LogP contribution in [0.25, 0.3) is 0 Å². The molecule has 0 aliphatic carbocycles. The predicted molar refractivity (Wildman–Crippen MR) is 116 cm³/mol. The van der Waals surface area contributed by atoms with E-state index >= 15 is 0 Å². The molecule has 2 unspecified atom stereocenters. The first-order valence-electron chi connectivity index (χ1n) is 9.80. The third kappa shape index (κ3) is 6.28. The fourth-order valence-corrected chi connectivity index (χ4v) is 4.11. The molecule has 27 heavy (non-hydrogen) atoms. The van der Waals surface area contributed by atoms with E-state index in [1.165, 1.54) is 11.1 Å². The van der Waals surface area contributed by atoms with E-state index in [-0.39, 0.29) is 11.1 Å². The molecule has 2 N–H and O–H groups in total. The summed E-state index contributed by atoms with van der Waals surface area (Å²) in [5.74, 6) is 0. The molecule has 0 bridgehead atoms. The van der Waals surface area contributed by atoms with Crippen molar-refractivity contribution in [3.63, 3.8) is 0 Å². The fraction of sp³-hybridized carbons (Fsp3) is 0.478. The number of rotatable bonds is 8. The summed E-state index contributed by atoms with van der Waals surface area (Å²) in [6.07, 6.45) is -0.378. The Morgan fingerprint density at radius 2 is 1.56 bits per heavy atom. The van der Waals surface area contributed by atoms with Crippen molar-refractivity contribution >= 4 is 8.32 Å². The SMILES string of the molecule is CC(O[Si](C)(C)C(C)(C)C)c1ccc(CNCC(O)c2ccccc2)cc1. The normalized spacial score (nSPS) is 14.8. The van der Waals surface area contributed by atoms with Gasteiger partial charge in [0.2, 0.25) is 0 Å². The summed E-state index contributed by atoms with van der Waals surface area (Å²) in [5, 5.41) is 13.8. The predicted octanol–water partition coefficient (Wildman–Crippen LogP) is 5.59. The van der Waals surface area contributed by atoms with E-state index in [0.717, 1.165) is 12.1 Å². The second-order valence-corrected chi connectivity index (χ2v) is 13.6. The maximum absolute atomic E-state index is 10.2. The standard InChI is InChI=1S/C23H35NO2Si/c1-18(26-27(5,6)23(2,3)4)20-14-12-19(13-15-20)16-24-17-22(25)21-10-8-7-9-11-21/h7-15,18,22,24-25H,16-17H2,1-6H3. The minimum Gasteiger partial charge on any atom is -0.410 e. The third-order valence-corrected chi connectivity index (χ3v) is 10.1. The van der Waals surface area contributed by atoms with Gasteiger partial charge in [0.25, 0.3) is 0 Å². The van der Waals surface area contributed by atoms with Gasteiger partial charge in [-0.15, -0.1) is 0 Å². The molecule has 2 atom stereocenters. The van der Waals surface area contributed by atoms with Gasteiger partial charge in [0.1, 0.15) is 0 Å². The molecule has 2 aromatic carbocycles. The molecule has 0 aliphatic rings. The smallest absolute Gasteiger partial charge is 0.192 e. The van der Waals surface area contributed by atoms with Gasteiger partial charge in [-0.05, 0) is 41.7 Å². The van der Waals surface area contributed by atoms with Crippen molar-refractivity contribution < 1.29 is 9.53 Å². The summed E-state index contributed by atoms with van der Waals surface area (Å²) in [6, 6.07) is 18.3. The summed E-state index contributed by atoms with van der Waals surface area (Å²) < 4.78 is 6.48. The van der Waals surface area contributed by atoms with Crippen molar-refractivity contribution in [2.45, 2.75) is 64.6 Å². The number of hydrogen-bond acceptors (Lipinski definition) is 3. The zero-order valence-electron chi connectivity index (χ0n) is 17.6. The molecule has 0 amide bonds. The lowest BCUT2D eigenvalue weighted by atomic mass is 10.1.